The molecule has 2 amide bonds. The molecule has 7 heteroatoms. The number of amides is 2. The molecule has 30 heavy (non-hydrogen) atoms. The maximum atomic E-state index is 13.1. The van der Waals surface area contributed by atoms with Gasteiger partial charge >= 0.3 is 0 Å². The lowest BCUT2D eigenvalue weighted by Crippen LogP contribution is -2.40. The van der Waals surface area contributed by atoms with Gasteiger partial charge in [0.2, 0.25) is 11.8 Å². The van der Waals surface area contributed by atoms with E-state index in [2.05, 4.69) is 25.8 Å². The van der Waals surface area contributed by atoms with Gasteiger partial charge in [0.15, 0.2) is 5.89 Å². The number of hydrogen-bond donors (Lipinski definition) is 0. The number of hydrogen-bond acceptors (Lipinski definition) is 5. The first-order valence-corrected chi connectivity index (χ1v) is 10.4. The van der Waals surface area contributed by atoms with Gasteiger partial charge in [-0.2, -0.15) is 0 Å². The molecule has 3 heterocycles. The van der Waals surface area contributed by atoms with Crippen molar-refractivity contribution in [2.45, 2.75) is 52.1 Å². The van der Waals surface area contributed by atoms with Crippen molar-refractivity contribution in [2.75, 3.05) is 20.2 Å². The predicted molar refractivity (Wildman–Crippen MR) is 111 cm³/mol. The van der Waals surface area contributed by atoms with Gasteiger partial charge in [0.25, 0.3) is 0 Å². The van der Waals surface area contributed by atoms with Crippen LogP contribution in [0.25, 0.3) is 0 Å². The number of nitrogens with zero attached hydrogens (tertiary/aromatic N) is 3. The van der Waals surface area contributed by atoms with Crippen molar-refractivity contribution in [2.24, 2.45) is 5.92 Å². The van der Waals surface area contributed by atoms with Gasteiger partial charge in [0, 0.05) is 43.5 Å². The Hall–Kier alpha value is -2.83. The summed E-state index contributed by atoms with van der Waals surface area (Å²) in [6.45, 7) is 8.13. The minimum absolute atomic E-state index is 0.00779. The molecular weight excluding hydrogens is 382 g/mol. The Kier molecular flexibility index (Phi) is 5.30. The summed E-state index contributed by atoms with van der Waals surface area (Å²) in [5.74, 6) is 2.06. The standard InChI is InChI=1S/C23H29N3O4/c1-23(2,3)22-24-17-14-25(10-9-19(17)30-22)21(28)16-11-20(27)26(13-16)12-15-7-5-6-8-18(15)29-4/h5-8,16H,9-14H2,1-4H3. The molecule has 0 radical (unpaired) electrons. The molecule has 1 fully saturated rings. The number of carbonyl (C=O) groups excluding carboxylic acids is 2. The average Bonchev–Trinajstić information content (AvgIpc) is 3.31. The summed E-state index contributed by atoms with van der Waals surface area (Å²) in [5.41, 5.74) is 1.62. The Morgan fingerprint density at radius 1 is 1.30 bits per heavy atom. The molecule has 4 rings (SSSR count). The van der Waals surface area contributed by atoms with Crippen molar-refractivity contribution in [3.8, 4) is 5.75 Å². The maximum Gasteiger partial charge on any atom is 0.228 e. The summed E-state index contributed by atoms with van der Waals surface area (Å²) in [7, 11) is 1.62. The summed E-state index contributed by atoms with van der Waals surface area (Å²) in [4.78, 5) is 33.9. The molecule has 0 N–H and O–H groups in total. The number of para-hydroxylation sites is 1. The summed E-state index contributed by atoms with van der Waals surface area (Å²) < 4.78 is 11.3. The molecule has 2 aliphatic heterocycles. The van der Waals surface area contributed by atoms with Crippen LogP contribution in [0.2, 0.25) is 0 Å². The second-order valence-electron chi connectivity index (χ2n) is 9.14. The second kappa shape index (κ2) is 7.78. The molecule has 0 spiro atoms. The number of fused-ring (bicyclic) bond motifs is 1. The van der Waals surface area contributed by atoms with Crippen LogP contribution in [-0.4, -0.2) is 46.8 Å². The number of benzene rings is 1. The van der Waals surface area contributed by atoms with E-state index < -0.39 is 0 Å². The number of ether oxygens (including phenoxy) is 1. The molecule has 7 nitrogen and oxygen atoms in total. The largest absolute Gasteiger partial charge is 0.496 e. The lowest BCUT2D eigenvalue weighted by molar-refractivity contribution is -0.136. The van der Waals surface area contributed by atoms with Crippen molar-refractivity contribution < 1.29 is 18.7 Å². The minimum atomic E-state index is -0.317. The maximum absolute atomic E-state index is 13.1. The zero-order chi connectivity index (χ0) is 21.5. The quantitative estimate of drug-likeness (QED) is 0.773. The molecule has 2 aromatic rings. The highest BCUT2D eigenvalue weighted by molar-refractivity contribution is 5.89. The number of methoxy groups -OCH3 is 1. The van der Waals surface area contributed by atoms with Gasteiger partial charge in [-0.1, -0.05) is 39.0 Å². The smallest absolute Gasteiger partial charge is 0.228 e. The normalized spacial score (nSPS) is 19.2. The Morgan fingerprint density at radius 2 is 2.07 bits per heavy atom. The second-order valence-corrected chi connectivity index (χ2v) is 9.14. The van der Waals surface area contributed by atoms with Crippen LogP contribution in [0.3, 0.4) is 0 Å². The Labute approximate surface area is 177 Å². The molecule has 0 aliphatic carbocycles. The lowest BCUT2D eigenvalue weighted by Gasteiger charge is -2.27. The molecule has 0 saturated carbocycles. The predicted octanol–water partition coefficient (Wildman–Crippen LogP) is 2.91. The Bertz CT molecular complexity index is 960. The first kappa shape index (κ1) is 20.4. The fraction of sp³-hybridized carbons (Fsp3) is 0.522. The van der Waals surface area contributed by atoms with Crippen LogP contribution in [0.4, 0.5) is 0 Å². The van der Waals surface area contributed by atoms with Gasteiger partial charge < -0.3 is 19.0 Å². The minimum Gasteiger partial charge on any atom is -0.496 e. The van der Waals surface area contributed by atoms with E-state index in [0.717, 1.165) is 22.8 Å². The van der Waals surface area contributed by atoms with Crippen LogP contribution < -0.4 is 4.74 Å². The summed E-state index contributed by atoms with van der Waals surface area (Å²) >= 11 is 0. The molecule has 2 aliphatic rings. The SMILES string of the molecule is COc1ccccc1CN1CC(C(=O)N2CCc3oc(C(C)(C)C)nc3C2)CC1=O. The van der Waals surface area contributed by atoms with Crippen LogP contribution in [-0.2, 0) is 34.5 Å². The highest BCUT2D eigenvalue weighted by Crippen LogP contribution is 2.30. The van der Waals surface area contributed by atoms with Gasteiger partial charge in [-0.3, -0.25) is 9.59 Å². The highest BCUT2D eigenvalue weighted by Gasteiger charge is 2.38. The van der Waals surface area contributed by atoms with E-state index in [1.807, 2.05) is 29.2 Å². The fourth-order valence-corrected chi connectivity index (χ4v) is 4.10. The summed E-state index contributed by atoms with van der Waals surface area (Å²) in [6.07, 6.45) is 0.916. The molecule has 1 atom stereocenters. The van der Waals surface area contributed by atoms with E-state index in [1.54, 1.807) is 12.0 Å². The van der Waals surface area contributed by atoms with Gasteiger partial charge in [-0.15, -0.1) is 0 Å². The van der Waals surface area contributed by atoms with E-state index in [-0.39, 0.29) is 29.6 Å². The summed E-state index contributed by atoms with van der Waals surface area (Å²) in [5, 5.41) is 0. The molecule has 1 aromatic carbocycles. The lowest BCUT2D eigenvalue weighted by atomic mass is 9.97. The topological polar surface area (TPSA) is 75.9 Å². The van der Waals surface area contributed by atoms with Crippen LogP contribution in [0.1, 0.15) is 50.1 Å². The van der Waals surface area contributed by atoms with E-state index >= 15 is 0 Å². The van der Waals surface area contributed by atoms with Gasteiger partial charge in [0.1, 0.15) is 17.2 Å². The number of rotatable bonds is 4. The zero-order valence-corrected chi connectivity index (χ0v) is 18.1. The van der Waals surface area contributed by atoms with E-state index in [9.17, 15) is 9.59 Å². The van der Waals surface area contributed by atoms with Crippen LogP contribution >= 0.6 is 0 Å². The summed E-state index contributed by atoms with van der Waals surface area (Å²) in [6, 6.07) is 7.66. The van der Waals surface area contributed by atoms with Crippen molar-refractivity contribution in [3.63, 3.8) is 0 Å². The molecule has 1 saturated heterocycles. The number of aromatic nitrogens is 1. The van der Waals surface area contributed by atoms with Gasteiger partial charge in [-0.25, -0.2) is 4.98 Å². The molecule has 1 aromatic heterocycles. The van der Waals surface area contributed by atoms with Crippen LogP contribution in [0, 0.1) is 5.92 Å². The highest BCUT2D eigenvalue weighted by atomic mass is 16.5. The van der Waals surface area contributed by atoms with E-state index in [0.29, 0.717) is 38.5 Å². The zero-order valence-electron chi connectivity index (χ0n) is 18.1. The molecule has 0 bridgehead atoms. The average molecular weight is 412 g/mol. The monoisotopic (exact) mass is 411 g/mol. The van der Waals surface area contributed by atoms with Crippen LogP contribution in [0.15, 0.2) is 28.7 Å². The number of carbonyl (C=O) groups is 2. The van der Waals surface area contributed by atoms with Crippen LogP contribution in [0.5, 0.6) is 5.75 Å². The fourth-order valence-electron chi connectivity index (χ4n) is 4.10. The molecule has 1 unspecified atom stereocenters. The number of oxazole rings is 1. The van der Waals surface area contributed by atoms with E-state index in [4.69, 9.17) is 9.15 Å². The first-order chi connectivity index (χ1) is 14.3. The molecular formula is C23H29N3O4. The van der Waals surface area contributed by atoms with Gasteiger partial charge in [-0.05, 0) is 6.07 Å². The third kappa shape index (κ3) is 3.93. The Balaban J connectivity index is 1.42. The third-order valence-electron chi connectivity index (χ3n) is 5.80. The van der Waals surface area contributed by atoms with Crippen molar-refractivity contribution >= 4 is 11.8 Å². The third-order valence-corrected chi connectivity index (χ3v) is 5.80. The number of likely N-dealkylation sites (tertiary alicyclic amines) is 1. The first-order valence-electron chi connectivity index (χ1n) is 10.4. The Morgan fingerprint density at radius 3 is 2.80 bits per heavy atom. The van der Waals surface area contributed by atoms with Gasteiger partial charge in [0.05, 0.1) is 19.6 Å². The van der Waals surface area contributed by atoms with E-state index in [1.165, 1.54) is 0 Å². The van der Waals surface area contributed by atoms with Crippen molar-refractivity contribution in [1.29, 1.82) is 0 Å². The van der Waals surface area contributed by atoms with Crippen molar-refractivity contribution in [1.82, 2.24) is 14.8 Å². The van der Waals surface area contributed by atoms with Crippen molar-refractivity contribution in [3.05, 3.63) is 47.2 Å². The molecule has 160 valence electrons.